The zero-order valence-electron chi connectivity index (χ0n) is 13.4. The van der Waals surface area contributed by atoms with Gasteiger partial charge < -0.3 is 10.6 Å². The molecule has 1 aromatic rings. The molecular formula is C18H27N3O. The molecule has 2 atom stereocenters. The predicted octanol–water partition coefficient (Wildman–Crippen LogP) is 2.24. The molecule has 0 spiro atoms. The Hall–Kier alpha value is -1.42. The first kappa shape index (κ1) is 15.5. The summed E-state index contributed by atoms with van der Waals surface area (Å²) in [6.45, 7) is 0.779. The van der Waals surface area contributed by atoms with Crippen molar-refractivity contribution in [1.29, 1.82) is 0 Å². The fourth-order valence-electron chi connectivity index (χ4n) is 4.26. The second-order valence-electron chi connectivity index (χ2n) is 7.06. The van der Waals surface area contributed by atoms with Crippen LogP contribution in [0.25, 0.3) is 0 Å². The van der Waals surface area contributed by atoms with E-state index in [-0.39, 0.29) is 5.92 Å². The zero-order valence-corrected chi connectivity index (χ0v) is 13.4. The molecule has 2 bridgehead atoms. The number of amides is 1. The molecule has 22 heavy (non-hydrogen) atoms. The van der Waals surface area contributed by atoms with Crippen molar-refractivity contribution in [2.24, 2.45) is 23.5 Å². The van der Waals surface area contributed by atoms with Crippen molar-refractivity contribution in [2.75, 3.05) is 13.6 Å². The fraction of sp³-hybridized carbons (Fsp3) is 0.667. The van der Waals surface area contributed by atoms with Gasteiger partial charge in [-0.3, -0.25) is 9.78 Å². The number of rotatable bonds is 4. The van der Waals surface area contributed by atoms with Gasteiger partial charge in [-0.15, -0.1) is 0 Å². The molecule has 1 heterocycles. The summed E-state index contributed by atoms with van der Waals surface area (Å²) in [6, 6.07) is 4.37. The molecule has 1 amide bonds. The van der Waals surface area contributed by atoms with Gasteiger partial charge in [0.25, 0.3) is 0 Å². The summed E-state index contributed by atoms with van der Waals surface area (Å²) in [5, 5.41) is 0. The van der Waals surface area contributed by atoms with Gasteiger partial charge >= 0.3 is 0 Å². The number of carbonyl (C=O) groups excluding carboxylic acids is 1. The highest BCUT2D eigenvalue weighted by Gasteiger charge is 2.41. The first-order valence-electron chi connectivity index (χ1n) is 8.54. The quantitative estimate of drug-likeness (QED) is 0.928. The smallest absolute Gasteiger partial charge is 0.225 e. The minimum absolute atomic E-state index is 0.192. The van der Waals surface area contributed by atoms with Crippen LogP contribution in [0.4, 0.5) is 0 Å². The van der Waals surface area contributed by atoms with Crippen molar-refractivity contribution in [2.45, 2.75) is 44.6 Å². The molecule has 120 valence electrons. The molecule has 0 radical (unpaired) electrons. The van der Waals surface area contributed by atoms with E-state index in [1.54, 1.807) is 12.4 Å². The van der Waals surface area contributed by atoms with Gasteiger partial charge in [0.15, 0.2) is 0 Å². The van der Waals surface area contributed by atoms with Crippen molar-refractivity contribution in [1.82, 2.24) is 9.88 Å². The van der Waals surface area contributed by atoms with Crippen LogP contribution in [0.5, 0.6) is 0 Å². The van der Waals surface area contributed by atoms with Crippen LogP contribution in [-0.2, 0) is 11.2 Å². The first-order chi connectivity index (χ1) is 10.6. The number of nitrogens with two attached hydrogens (primary N) is 1. The van der Waals surface area contributed by atoms with E-state index in [0.29, 0.717) is 23.8 Å². The normalized spacial score (nSPS) is 30.8. The molecule has 2 aliphatic rings. The van der Waals surface area contributed by atoms with E-state index < -0.39 is 0 Å². The van der Waals surface area contributed by atoms with E-state index in [4.69, 9.17) is 5.73 Å². The van der Waals surface area contributed by atoms with Gasteiger partial charge in [-0.05, 0) is 61.6 Å². The van der Waals surface area contributed by atoms with Crippen LogP contribution in [0.1, 0.15) is 37.7 Å². The summed E-state index contributed by atoms with van der Waals surface area (Å²) in [4.78, 5) is 18.7. The summed E-state index contributed by atoms with van der Waals surface area (Å²) in [5.74, 6) is 1.64. The summed E-state index contributed by atoms with van der Waals surface area (Å²) < 4.78 is 0. The lowest BCUT2D eigenvalue weighted by atomic mass is 9.65. The van der Waals surface area contributed by atoms with Gasteiger partial charge in [0, 0.05) is 37.9 Å². The Labute approximate surface area is 133 Å². The second kappa shape index (κ2) is 6.78. The largest absolute Gasteiger partial charge is 0.345 e. The Bertz CT molecular complexity index is 490. The molecule has 4 heteroatoms. The molecule has 0 aromatic carbocycles. The molecule has 0 saturated heterocycles. The number of fused-ring (bicyclic) bond motifs is 2. The molecule has 2 fully saturated rings. The molecule has 3 rings (SSSR count). The number of aromatic nitrogens is 1. The maximum absolute atomic E-state index is 12.7. The third-order valence-electron chi connectivity index (χ3n) is 5.62. The maximum Gasteiger partial charge on any atom is 0.225 e. The van der Waals surface area contributed by atoms with Crippen molar-refractivity contribution in [3.8, 4) is 0 Å². The fourth-order valence-corrected chi connectivity index (χ4v) is 4.26. The van der Waals surface area contributed by atoms with Crippen LogP contribution < -0.4 is 5.73 Å². The number of pyridine rings is 1. The molecule has 4 nitrogen and oxygen atoms in total. The van der Waals surface area contributed by atoms with Crippen LogP contribution in [0.2, 0.25) is 0 Å². The van der Waals surface area contributed by atoms with Gasteiger partial charge in [0.1, 0.15) is 0 Å². The molecule has 2 N–H and O–H groups in total. The van der Waals surface area contributed by atoms with Gasteiger partial charge in [0.05, 0.1) is 0 Å². The highest BCUT2D eigenvalue weighted by Crippen LogP contribution is 2.42. The van der Waals surface area contributed by atoms with E-state index in [9.17, 15) is 4.79 Å². The van der Waals surface area contributed by atoms with E-state index in [2.05, 4.69) is 4.98 Å². The van der Waals surface area contributed by atoms with Crippen molar-refractivity contribution in [3.05, 3.63) is 30.1 Å². The Balaban J connectivity index is 1.54. The lowest BCUT2D eigenvalue weighted by molar-refractivity contribution is -0.137. The average molecular weight is 301 g/mol. The van der Waals surface area contributed by atoms with Gasteiger partial charge in [-0.25, -0.2) is 0 Å². The third kappa shape index (κ3) is 3.32. The van der Waals surface area contributed by atoms with Gasteiger partial charge in [-0.2, -0.15) is 0 Å². The van der Waals surface area contributed by atoms with Crippen molar-refractivity contribution >= 4 is 5.91 Å². The minimum atomic E-state index is 0.192. The third-order valence-corrected chi connectivity index (χ3v) is 5.62. The molecule has 1 aromatic heterocycles. The Kier molecular flexibility index (Phi) is 4.77. The minimum Gasteiger partial charge on any atom is -0.345 e. The molecule has 2 aliphatic carbocycles. The molecule has 2 unspecified atom stereocenters. The number of nitrogens with zero attached hydrogens (tertiary/aromatic N) is 2. The van der Waals surface area contributed by atoms with Crippen LogP contribution in [-0.4, -0.2) is 35.4 Å². The zero-order chi connectivity index (χ0) is 15.5. The second-order valence-corrected chi connectivity index (χ2v) is 7.06. The van der Waals surface area contributed by atoms with Gasteiger partial charge in [0.2, 0.25) is 5.91 Å². The van der Waals surface area contributed by atoms with E-state index in [1.165, 1.54) is 24.8 Å². The molecule has 2 saturated carbocycles. The summed E-state index contributed by atoms with van der Waals surface area (Å²) in [6.07, 6.45) is 10.2. The van der Waals surface area contributed by atoms with Crippen molar-refractivity contribution in [3.63, 3.8) is 0 Å². The SMILES string of the molecule is CN(CCc1ccncc1)C(=O)C1CC2CCCC(C1)C2N. The van der Waals surface area contributed by atoms with Crippen LogP contribution in [0.3, 0.4) is 0 Å². The number of carbonyl (C=O) groups is 1. The van der Waals surface area contributed by atoms with Crippen LogP contribution >= 0.6 is 0 Å². The van der Waals surface area contributed by atoms with Crippen LogP contribution in [0.15, 0.2) is 24.5 Å². The highest BCUT2D eigenvalue weighted by atomic mass is 16.2. The summed E-state index contributed by atoms with van der Waals surface area (Å²) in [7, 11) is 1.94. The lowest BCUT2D eigenvalue weighted by Crippen LogP contribution is -2.49. The monoisotopic (exact) mass is 301 g/mol. The van der Waals surface area contributed by atoms with E-state index in [0.717, 1.165) is 25.8 Å². The standard InChI is InChI=1S/C18H27N3O/c1-21(10-7-13-5-8-20-9-6-13)18(22)16-11-14-3-2-4-15(12-16)17(14)19/h5-6,8-9,14-17H,2-4,7,10-12,19H2,1H3. The first-order valence-corrected chi connectivity index (χ1v) is 8.54. The van der Waals surface area contributed by atoms with Crippen LogP contribution in [0, 0.1) is 17.8 Å². The lowest BCUT2D eigenvalue weighted by Gasteiger charge is -2.44. The molecular weight excluding hydrogens is 274 g/mol. The number of likely N-dealkylation sites (N-methyl/N-ethyl adjacent to an activating group) is 1. The highest BCUT2D eigenvalue weighted by molar-refractivity contribution is 5.78. The number of hydrogen-bond acceptors (Lipinski definition) is 3. The Morgan fingerprint density at radius 2 is 1.91 bits per heavy atom. The number of hydrogen-bond donors (Lipinski definition) is 1. The Morgan fingerprint density at radius 1 is 1.27 bits per heavy atom. The Morgan fingerprint density at radius 3 is 2.55 bits per heavy atom. The summed E-state index contributed by atoms with van der Waals surface area (Å²) >= 11 is 0. The van der Waals surface area contributed by atoms with E-state index >= 15 is 0 Å². The average Bonchev–Trinajstić information content (AvgIpc) is 2.52. The van der Waals surface area contributed by atoms with Crippen molar-refractivity contribution < 1.29 is 4.79 Å². The maximum atomic E-state index is 12.7. The summed E-state index contributed by atoms with van der Waals surface area (Å²) in [5.41, 5.74) is 7.56. The van der Waals surface area contributed by atoms with Gasteiger partial charge in [-0.1, -0.05) is 6.42 Å². The van der Waals surface area contributed by atoms with E-state index in [1.807, 2.05) is 24.1 Å². The predicted molar refractivity (Wildman–Crippen MR) is 87.1 cm³/mol. The molecule has 0 aliphatic heterocycles. The topological polar surface area (TPSA) is 59.2 Å².